The molecule has 3 rings (SSSR count). The van der Waals surface area contributed by atoms with E-state index < -0.39 is 0 Å². The maximum atomic E-state index is 3.21. The Bertz CT molecular complexity index is 572. The van der Waals surface area contributed by atoms with E-state index in [9.17, 15) is 0 Å². The minimum atomic E-state index is 1.01. The normalized spacial score (nSPS) is 13.5. The Balaban J connectivity index is 1.82. The summed E-state index contributed by atoms with van der Waals surface area (Å²) in [6, 6.07) is 15.6. The van der Waals surface area contributed by atoms with Gasteiger partial charge in [0, 0.05) is 31.5 Å². The van der Waals surface area contributed by atoms with Crippen LogP contribution < -0.4 is 10.2 Å². The lowest BCUT2D eigenvalue weighted by atomic mass is 10.1. The fourth-order valence-electron chi connectivity index (χ4n) is 2.68. The van der Waals surface area contributed by atoms with E-state index in [1.54, 1.807) is 0 Å². The van der Waals surface area contributed by atoms with Gasteiger partial charge in [0.15, 0.2) is 0 Å². The highest BCUT2D eigenvalue weighted by molar-refractivity contribution is 5.56. The smallest absolute Gasteiger partial charge is 0.0437 e. The maximum absolute atomic E-state index is 3.21. The monoisotopic (exact) mass is 252 g/mol. The molecule has 2 nitrogen and oxygen atoms in total. The number of fused-ring (bicyclic) bond motifs is 1. The van der Waals surface area contributed by atoms with Crippen LogP contribution in [-0.2, 0) is 19.5 Å². The molecule has 1 heterocycles. The summed E-state index contributed by atoms with van der Waals surface area (Å²) in [5.74, 6) is 0. The molecule has 0 radical (unpaired) electrons. The number of nitrogens with one attached hydrogen (secondary N) is 1. The van der Waals surface area contributed by atoms with Gasteiger partial charge in [-0.15, -0.1) is 0 Å². The summed E-state index contributed by atoms with van der Waals surface area (Å²) >= 11 is 0. The molecule has 0 aliphatic carbocycles. The number of benzene rings is 2. The Morgan fingerprint density at radius 1 is 1.00 bits per heavy atom. The van der Waals surface area contributed by atoms with Gasteiger partial charge in [0.05, 0.1) is 0 Å². The molecule has 2 heteroatoms. The van der Waals surface area contributed by atoms with Gasteiger partial charge in [-0.1, -0.05) is 25.1 Å². The Labute approximate surface area is 115 Å². The van der Waals surface area contributed by atoms with E-state index in [1.807, 2.05) is 7.05 Å². The topological polar surface area (TPSA) is 15.3 Å². The maximum Gasteiger partial charge on any atom is 0.0437 e. The molecule has 0 bridgehead atoms. The van der Waals surface area contributed by atoms with Crippen molar-refractivity contribution in [3.63, 3.8) is 0 Å². The predicted molar refractivity (Wildman–Crippen MR) is 81.7 cm³/mol. The van der Waals surface area contributed by atoms with Crippen molar-refractivity contribution in [2.24, 2.45) is 0 Å². The quantitative estimate of drug-likeness (QED) is 0.893. The van der Waals surface area contributed by atoms with E-state index in [1.165, 1.54) is 28.1 Å². The van der Waals surface area contributed by atoms with Crippen molar-refractivity contribution in [3.8, 4) is 0 Å². The summed E-state index contributed by atoms with van der Waals surface area (Å²) in [6.45, 7) is 4.22. The molecule has 1 aliphatic rings. The molecule has 19 heavy (non-hydrogen) atoms. The zero-order chi connectivity index (χ0) is 13.2. The van der Waals surface area contributed by atoms with Crippen LogP contribution in [0.1, 0.15) is 23.6 Å². The second kappa shape index (κ2) is 4.96. The summed E-state index contributed by atoms with van der Waals surface area (Å²) in [5, 5.41) is 3.21. The van der Waals surface area contributed by atoms with Crippen molar-refractivity contribution < 1.29 is 0 Å². The predicted octanol–water partition coefficient (Wildman–Crippen LogP) is 3.81. The van der Waals surface area contributed by atoms with Crippen LogP contribution in [0.15, 0.2) is 42.5 Å². The molecule has 0 spiro atoms. The van der Waals surface area contributed by atoms with Gasteiger partial charge in [-0.25, -0.2) is 0 Å². The van der Waals surface area contributed by atoms with Gasteiger partial charge in [0.2, 0.25) is 0 Å². The molecule has 0 saturated heterocycles. The second-order valence-electron chi connectivity index (χ2n) is 5.11. The van der Waals surface area contributed by atoms with Crippen LogP contribution >= 0.6 is 0 Å². The Morgan fingerprint density at radius 2 is 1.74 bits per heavy atom. The number of rotatable bonds is 3. The van der Waals surface area contributed by atoms with Crippen molar-refractivity contribution in [3.05, 3.63) is 59.2 Å². The average Bonchev–Trinajstić information content (AvgIpc) is 2.90. The second-order valence-corrected chi connectivity index (χ2v) is 5.11. The van der Waals surface area contributed by atoms with E-state index in [4.69, 9.17) is 0 Å². The molecule has 2 aromatic carbocycles. The molecule has 0 aromatic heterocycles. The van der Waals surface area contributed by atoms with Crippen LogP contribution in [0.3, 0.4) is 0 Å². The summed E-state index contributed by atoms with van der Waals surface area (Å²) in [7, 11) is 1.97. The molecule has 0 amide bonds. The van der Waals surface area contributed by atoms with Crippen molar-refractivity contribution in [2.45, 2.75) is 26.4 Å². The van der Waals surface area contributed by atoms with Crippen LogP contribution in [0.2, 0.25) is 0 Å². The molecular weight excluding hydrogens is 232 g/mol. The minimum Gasteiger partial charge on any atom is -0.388 e. The Kier molecular flexibility index (Phi) is 3.16. The number of anilines is 2. The first-order valence-corrected chi connectivity index (χ1v) is 6.93. The number of aryl methyl sites for hydroxylation is 1. The fourth-order valence-corrected chi connectivity index (χ4v) is 2.68. The summed E-state index contributed by atoms with van der Waals surface area (Å²) in [4.78, 5) is 2.43. The van der Waals surface area contributed by atoms with E-state index in [2.05, 4.69) is 59.6 Å². The Morgan fingerprint density at radius 3 is 2.42 bits per heavy atom. The lowest BCUT2D eigenvalue weighted by Crippen LogP contribution is -2.14. The van der Waals surface area contributed by atoms with Gasteiger partial charge >= 0.3 is 0 Å². The number of hydrogen-bond acceptors (Lipinski definition) is 2. The first kappa shape index (κ1) is 12.1. The number of nitrogens with zero attached hydrogens (tertiary/aromatic N) is 1. The van der Waals surface area contributed by atoms with Gasteiger partial charge in [-0.05, 0) is 47.4 Å². The molecule has 98 valence electrons. The van der Waals surface area contributed by atoms with Crippen molar-refractivity contribution in [1.82, 2.24) is 0 Å². The van der Waals surface area contributed by atoms with Gasteiger partial charge in [-0.3, -0.25) is 0 Å². The standard InChI is InChI=1S/C17H20N2/c1-3-13-4-8-17(9-5-13)19-11-14-6-7-16(18-2)10-15(14)12-19/h4-10,18H,3,11-12H2,1-2H3. The first-order valence-electron chi connectivity index (χ1n) is 6.93. The van der Waals surface area contributed by atoms with Crippen LogP contribution in [0.25, 0.3) is 0 Å². The van der Waals surface area contributed by atoms with E-state index in [0.717, 1.165) is 19.5 Å². The molecule has 1 aliphatic heterocycles. The van der Waals surface area contributed by atoms with Crippen molar-refractivity contribution in [1.29, 1.82) is 0 Å². The third kappa shape index (κ3) is 2.30. The van der Waals surface area contributed by atoms with Crippen LogP contribution in [0, 0.1) is 0 Å². The molecule has 1 N–H and O–H groups in total. The fraction of sp³-hybridized carbons (Fsp3) is 0.294. The third-order valence-electron chi connectivity index (χ3n) is 3.93. The lowest BCUT2D eigenvalue weighted by molar-refractivity contribution is 0.879. The first-order chi connectivity index (χ1) is 9.30. The molecule has 0 atom stereocenters. The van der Waals surface area contributed by atoms with Crippen molar-refractivity contribution in [2.75, 3.05) is 17.3 Å². The van der Waals surface area contributed by atoms with Gasteiger partial charge in [-0.2, -0.15) is 0 Å². The van der Waals surface area contributed by atoms with Crippen LogP contribution in [0.4, 0.5) is 11.4 Å². The zero-order valence-electron chi connectivity index (χ0n) is 11.6. The van der Waals surface area contributed by atoms with Crippen LogP contribution in [-0.4, -0.2) is 7.05 Å². The summed E-state index contributed by atoms with van der Waals surface area (Å²) in [6.07, 6.45) is 1.10. The van der Waals surface area contributed by atoms with Gasteiger partial charge in [0.25, 0.3) is 0 Å². The molecule has 0 unspecified atom stereocenters. The van der Waals surface area contributed by atoms with Crippen molar-refractivity contribution >= 4 is 11.4 Å². The largest absolute Gasteiger partial charge is 0.388 e. The lowest BCUT2D eigenvalue weighted by Gasteiger charge is -2.17. The van der Waals surface area contributed by atoms with E-state index in [0.29, 0.717) is 0 Å². The molecule has 0 saturated carbocycles. The van der Waals surface area contributed by atoms with Gasteiger partial charge < -0.3 is 10.2 Å². The Hall–Kier alpha value is -1.96. The highest BCUT2D eigenvalue weighted by atomic mass is 15.1. The summed E-state index contributed by atoms with van der Waals surface area (Å²) in [5.41, 5.74) is 6.80. The molecule has 2 aromatic rings. The van der Waals surface area contributed by atoms with Crippen LogP contribution in [0.5, 0.6) is 0 Å². The average molecular weight is 252 g/mol. The van der Waals surface area contributed by atoms with E-state index >= 15 is 0 Å². The third-order valence-corrected chi connectivity index (χ3v) is 3.93. The highest BCUT2D eigenvalue weighted by Crippen LogP contribution is 2.30. The van der Waals surface area contributed by atoms with Gasteiger partial charge in [0.1, 0.15) is 0 Å². The molecular formula is C17H20N2. The zero-order valence-corrected chi connectivity index (χ0v) is 11.6. The van der Waals surface area contributed by atoms with E-state index in [-0.39, 0.29) is 0 Å². The SMILES string of the molecule is CCc1ccc(N2Cc3ccc(NC)cc3C2)cc1. The molecule has 0 fully saturated rings. The minimum absolute atomic E-state index is 1.01. The highest BCUT2D eigenvalue weighted by Gasteiger charge is 2.19. The number of hydrogen-bond donors (Lipinski definition) is 1. The summed E-state index contributed by atoms with van der Waals surface area (Å²) < 4.78 is 0.